The quantitative estimate of drug-likeness (QED) is 0.571. The number of carbonyl (C=O) groups excluding carboxylic acids is 2. The number of ether oxygens (including phenoxy) is 1. The molecular formula is C18H16Cl2FN3O3. The molecule has 0 unspecified atom stereocenters. The summed E-state index contributed by atoms with van der Waals surface area (Å²) < 4.78 is 18.9. The fraction of sp³-hybridized carbons (Fsp3) is 0.278. The van der Waals surface area contributed by atoms with Gasteiger partial charge in [-0.3, -0.25) is 4.79 Å². The van der Waals surface area contributed by atoms with Gasteiger partial charge in [-0.1, -0.05) is 35.3 Å². The van der Waals surface area contributed by atoms with Gasteiger partial charge < -0.3 is 14.5 Å². The molecule has 2 aromatic rings. The highest BCUT2D eigenvalue weighted by molar-refractivity contribution is 6.41. The van der Waals surface area contributed by atoms with Crippen molar-refractivity contribution in [1.82, 2.24) is 9.88 Å². The lowest BCUT2D eigenvalue weighted by atomic mass is 10.2. The number of esters is 1. The third kappa shape index (κ3) is 4.67. The van der Waals surface area contributed by atoms with Crippen LogP contribution in [0.4, 0.5) is 10.1 Å². The van der Waals surface area contributed by atoms with Gasteiger partial charge in [0.05, 0.1) is 16.3 Å². The van der Waals surface area contributed by atoms with E-state index in [-0.39, 0.29) is 27.5 Å². The molecule has 0 spiro atoms. The normalized spacial score (nSPS) is 14.2. The minimum absolute atomic E-state index is 0.0806. The largest absolute Gasteiger partial charge is 0.452 e. The number of hydrogen-bond acceptors (Lipinski definition) is 5. The maximum atomic E-state index is 13.9. The second-order valence-corrected chi connectivity index (χ2v) is 6.66. The van der Waals surface area contributed by atoms with Crippen LogP contribution in [0.5, 0.6) is 0 Å². The lowest BCUT2D eigenvalue weighted by Crippen LogP contribution is -2.50. The van der Waals surface area contributed by atoms with Gasteiger partial charge in [0.1, 0.15) is 11.0 Å². The number of halogens is 3. The van der Waals surface area contributed by atoms with E-state index in [2.05, 4.69) is 4.98 Å². The van der Waals surface area contributed by atoms with Crippen molar-refractivity contribution in [3.63, 3.8) is 0 Å². The van der Waals surface area contributed by atoms with E-state index < -0.39 is 12.6 Å². The number of amides is 1. The SMILES string of the molecule is O=C(OCC(=O)N1CCN(c2ccccc2F)CC1)c1cnc(Cl)c(Cl)c1. The number of carbonyl (C=O) groups is 2. The van der Waals surface area contributed by atoms with Gasteiger partial charge in [0, 0.05) is 32.4 Å². The van der Waals surface area contributed by atoms with Crippen LogP contribution in [0.1, 0.15) is 10.4 Å². The summed E-state index contributed by atoms with van der Waals surface area (Å²) in [5.74, 6) is -1.31. The van der Waals surface area contributed by atoms with E-state index in [1.807, 2.05) is 4.90 Å². The molecule has 0 N–H and O–H groups in total. The average molecular weight is 412 g/mol. The number of hydrogen-bond donors (Lipinski definition) is 0. The van der Waals surface area contributed by atoms with E-state index in [4.69, 9.17) is 27.9 Å². The Bertz CT molecular complexity index is 857. The van der Waals surface area contributed by atoms with Crippen LogP contribution in [-0.2, 0) is 9.53 Å². The van der Waals surface area contributed by atoms with E-state index in [1.54, 1.807) is 23.1 Å². The highest BCUT2D eigenvalue weighted by atomic mass is 35.5. The Morgan fingerprint density at radius 3 is 2.52 bits per heavy atom. The molecule has 0 aliphatic carbocycles. The maximum absolute atomic E-state index is 13.9. The first kappa shape index (κ1) is 19.4. The van der Waals surface area contributed by atoms with E-state index in [0.29, 0.717) is 31.9 Å². The second-order valence-electron chi connectivity index (χ2n) is 5.89. The third-order valence-electron chi connectivity index (χ3n) is 4.18. The van der Waals surface area contributed by atoms with Crippen LogP contribution in [0.3, 0.4) is 0 Å². The summed E-state index contributed by atoms with van der Waals surface area (Å²) in [6.07, 6.45) is 1.23. The van der Waals surface area contributed by atoms with Gasteiger partial charge in [-0.05, 0) is 18.2 Å². The fourth-order valence-electron chi connectivity index (χ4n) is 2.74. The van der Waals surface area contributed by atoms with E-state index in [1.165, 1.54) is 18.3 Å². The first-order valence-corrected chi connectivity index (χ1v) is 8.96. The molecule has 2 heterocycles. The van der Waals surface area contributed by atoms with Crippen LogP contribution in [0.25, 0.3) is 0 Å². The van der Waals surface area contributed by atoms with Gasteiger partial charge in [0.25, 0.3) is 5.91 Å². The number of aromatic nitrogens is 1. The van der Waals surface area contributed by atoms with Gasteiger partial charge in [0.2, 0.25) is 0 Å². The van der Waals surface area contributed by atoms with Gasteiger partial charge in [0.15, 0.2) is 6.61 Å². The molecule has 9 heteroatoms. The monoisotopic (exact) mass is 411 g/mol. The van der Waals surface area contributed by atoms with Crippen molar-refractivity contribution in [2.24, 2.45) is 0 Å². The summed E-state index contributed by atoms with van der Waals surface area (Å²) >= 11 is 11.5. The molecule has 1 aromatic carbocycles. The zero-order chi connectivity index (χ0) is 19.4. The number of para-hydroxylation sites is 1. The van der Waals surface area contributed by atoms with Crippen molar-refractivity contribution in [3.05, 3.63) is 58.1 Å². The van der Waals surface area contributed by atoms with Gasteiger partial charge in [-0.2, -0.15) is 0 Å². The maximum Gasteiger partial charge on any atom is 0.340 e. The topological polar surface area (TPSA) is 62.7 Å². The number of nitrogens with zero attached hydrogens (tertiary/aromatic N) is 3. The van der Waals surface area contributed by atoms with Crippen LogP contribution < -0.4 is 4.90 Å². The Labute approximate surface area is 165 Å². The van der Waals surface area contributed by atoms with Crippen molar-refractivity contribution >= 4 is 40.8 Å². The molecule has 27 heavy (non-hydrogen) atoms. The molecule has 1 aromatic heterocycles. The molecule has 0 atom stereocenters. The van der Waals surface area contributed by atoms with Crippen LogP contribution in [0.2, 0.25) is 10.2 Å². The minimum atomic E-state index is -0.709. The highest BCUT2D eigenvalue weighted by Crippen LogP contribution is 2.21. The van der Waals surface area contributed by atoms with E-state index in [9.17, 15) is 14.0 Å². The van der Waals surface area contributed by atoms with Crippen LogP contribution in [-0.4, -0.2) is 54.5 Å². The second kappa shape index (κ2) is 8.54. The highest BCUT2D eigenvalue weighted by Gasteiger charge is 2.23. The summed E-state index contributed by atoms with van der Waals surface area (Å²) in [5, 5.41) is 0.207. The summed E-state index contributed by atoms with van der Waals surface area (Å²) in [7, 11) is 0. The lowest BCUT2D eigenvalue weighted by molar-refractivity contribution is -0.134. The molecule has 0 bridgehead atoms. The Hall–Kier alpha value is -2.38. The van der Waals surface area contributed by atoms with Gasteiger partial charge in [-0.25, -0.2) is 14.2 Å². The number of rotatable bonds is 4. The smallest absolute Gasteiger partial charge is 0.340 e. The zero-order valence-electron chi connectivity index (χ0n) is 14.2. The summed E-state index contributed by atoms with van der Waals surface area (Å²) in [6, 6.07) is 7.85. The third-order valence-corrected chi connectivity index (χ3v) is 4.87. The average Bonchev–Trinajstić information content (AvgIpc) is 2.68. The van der Waals surface area contributed by atoms with E-state index >= 15 is 0 Å². The van der Waals surface area contributed by atoms with Crippen molar-refractivity contribution in [2.75, 3.05) is 37.7 Å². The van der Waals surface area contributed by atoms with Crippen molar-refractivity contribution in [2.45, 2.75) is 0 Å². The standard InChI is InChI=1S/C18H16Cl2FN3O3/c19-13-9-12(10-22-17(13)20)18(26)27-11-16(25)24-7-5-23(6-8-24)15-4-2-1-3-14(15)21/h1-4,9-10H,5-8,11H2. The van der Waals surface area contributed by atoms with Crippen LogP contribution >= 0.6 is 23.2 Å². The zero-order valence-corrected chi connectivity index (χ0v) is 15.7. The van der Waals surface area contributed by atoms with Gasteiger partial charge >= 0.3 is 5.97 Å². The molecule has 1 saturated heterocycles. The van der Waals surface area contributed by atoms with Crippen molar-refractivity contribution in [1.29, 1.82) is 0 Å². The number of anilines is 1. The molecule has 3 rings (SSSR count). The molecule has 1 aliphatic heterocycles. The Morgan fingerprint density at radius 1 is 1.15 bits per heavy atom. The molecule has 6 nitrogen and oxygen atoms in total. The Balaban J connectivity index is 1.50. The fourth-order valence-corrected chi connectivity index (χ4v) is 3.01. The molecular weight excluding hydrogens is 396 g/mol. The lowest BCUT2D eigenvalue weighted by Gasteiger charge is -2.36. The molecule has 1 aliphatic rings. The molecule has 1 fully saturated rings. The molecule has 142 valence electrons. The summed E-state index contributed by atoms with van der Waals surface area (Å²) in [5.41, 5.74) is 0.629. The predicted molar refractivity (Wildman–Crippen MR) is 99.7 cm³/mol. The summed E-state index contributed by atoms with van der Waals surface area (Å²) in [4.78, 5) is 31.5. The molecule has 0 saturated carbocycles. The predicted octanol–water partition coefficient (Wildman–Crippen LogP) is 3.03. The first-order chi connectivity index (χ1) is 13.0. The Morgan fingerprint density at radius 2 is 1.85 bits per heavy atom. The van der Waals surface area contributed by atoms with E-state index in [0.717, 1.165) is 0 Å². The van der Waals surface area contributed by atoms with Crippen molar-refractivity contribution < 1.29 is 18.7 Å². The summed E-state index contributed by atoms with van der Waals surface area (Å²) in [6.45, 7) is 1.44. The number of piperazine rings is 1. The van der Waals surface area contributed by atoms with Crippen LogP contribution in [0.15, 0.2) is 36.5 Å². The minimum Gasteiger partial charge on any atom is -0.452 e. The van der Waals surface area contributed by atoms with Gasteiger partial charge in [-0.15, -0.1) is 0 Å². The van der Waals surface area contributed by atoms with Crippen molar-refractivity contribution in [3.8, 4) is 0 Å². The molecule has 1 amide bonds. The number of benzene rings is 1. The van der Waals surface area contributed by atoms with Crippen LogP contribution in [0, 0.1) is 5.82 Å². The number of pyridine rings is 1. The first-order valence-electron chi connectivity index (χ1n) is 8.21. The molecule has 0 radical (unpaired) electrons. The Kier molecular flexibility index (Phi) is 6.13.